The van der Waals surface area contributed by atoms with Crippen molar-refractivity contribution in [2.45, 2.75) is 39.7 Å². The number of hydrogen-bond acceptors (Lipinski definition) is 3. The second-order valence-corrected chi connectivity index (χ2v) is 6.77. The first kappa shape index (κ1) is 16.6. The van der Waals surface area contributed by atoms with Gasteiger partial charge in [0.15, 0.2) is 11.9 Å². The van der Waals surface area contributed by atoms with Gasteiger partial charge in [-0.3, -0.25) is 4.79 Å². The van der Waals surface area contributed by atoms with Crippen LogP contribution in [0.3, 0.4) is 0 Å². The topological polar surface area (TPSA) is 43.4 Å². The monoisotopic (exact) mass is 310 g/mol. The summed E-state index contributed by atoms with van der Waals surface area (Å²) in [5.41, 5.74) is -2.68. The summed E-state index contributed by atoms with van der Waals surface area (Å²) in [6, 6.07) is 3.13. The van der Waals surface area contributed by atoms with Crippen molar-refractivity contribution in [2.24, 2.45) is 17.3 Å². The van der Waals surface area contributed by atoms with Gasteiger partial charge in [-0.05, 0) is 30.4 Å². The second kappa shape index (κ2) is 5.45. The molecule has 0 bridgehead atoms. The third-order valence-corrected chi connectivity index (χ3v) is 4.98. The number of esters is 1. The molecule has 1 aliphatic rings. The van der Waals surface area contributed by atoms with E-state index in [4.69, 9.17) is 4.74 Å². The lowest BCUT2D eigenvalue weighted by Gasteiger charge is -2.59. The zero-order valence-corrected chi connectivity index (χ0v) is 13.2. The Labute approximate surface area is 128 Å². The van der Waals surface area contributed by atoms with E-state index in [-0.39, 0.29) is 5.92 Å². The molecule has 0 heterocycles. The highest BCUT2D eigenvalue weighted by Gasteiger charge is 2.63. The lowest BCUT2D eigenvalue weighted by atomic mass is 9.49. The van der Waals surface area contributed by atoms with Crippen LogP contribution >= 0.6 is 0 Å². The van der Waals surface area contributed by atoms with E-state index in [1.54, 1.807) is 0 Å². The Bertz CT molecular complexity index is 590. The average Bonchev–Trinajstić information content (AvgIpc) is 2.42. The number of ether oxygens (including phenoxy) is 1. The fraction of sp³-hybridized carbons (Fsp3) is 0.529. The first-order valence-corrected chi connectivity index (χ1v) is 7.30. The fourth-order valence-corrected chi connectivity index (χ4v) is 3.40. The number of carbonyl (C=O) groups is 2. The Morgan fingerprint density at radius 1 is 1.32 bits per heavy atom. The molecule has 0 radical (unpaired) electrons. The molecule has 3 nitrogen and oxygen atoms in total. The lowest BCUT2D eigenvalue weighted by molar-refractivity contribution is -0.198. The van der Waals surface area contributed by atoms with Crippen LogP contribution in [0.4, 0.5) is 8.78 Å². The van der Waals surface area contributed by atoms with Crippen LogP contribution in [0.1, 0.15) is 44.5 Å². The summed E-state index contributed by atoms with van der Waals surface area (Å²) < 4.78 is 32.6. The maximum atomic E-state index is 13.7. The first-order valence-electron chi connectivity index (χ1n) is 7.30. The van der Waals surface area contributed by atoms with Gasteiger partial charge in [-0.1, -0.05) is 33.8 Å². The van der Waals surface area contributed by atoms with Crippen LogP contribution in [0.25, 0.3) is 0 Å². The SMILES string of the molecule is CC(C)[C@H]1C[C@](C=O)(OC(=O)c2c(F)cccc2F)C1(C)C. The van der Waals surface area contributed by atoms with Gasteiger partial charge >= 0.3 is 5.97 Å². The molecule has 2 rings (SSSR count). The Hall–Kier alpha value is -1.78. The van der Waals surface area contributed by atoms with Crippen LogP contribution in [0.5, 0.6) is 0 Å². The minimum atomic E-state index is -1.34. The number of halogens is 2. The minimum absolute atomic E-state index is 0.191. The van der Waals surface area contributed by atoms with Crippen LogP contribution in [0.2, 0.25) is 0 Å². The molecular formula is C17H20F2O3. The van der Waals surface area contributed by atoms with Crippen LogP contribution in [-0.4, -0.2) is 17.9 Å². The molecule has 5 heteroatoms. The minimum Gasteiger partial charge on any atom is -0.447 e. The number of benzene rings is 1. The largest absolute Gasteiger partial charge is 0.447 e. The number of carbonyl (C=O) groups excluding carboxylic acids is 2. The highest BCUT2D eigenvalue weighted by atomic mass is 19.1. The van der Waals surface area contributed by atoms with E-state index in [9.17, 15) is 18.4 Å². The van der Waals surface area contributed by atoms with Crippen molar-refractivity contribution in [3.05, 3.63) is 35.4 Å². The number of rotatable bonds is 4. The summed E-state index contributed by atoms with van der Waals surface area (Å²) in [6.45, 7) is 7.72. The van der Waals surface area contributed by atoms with Crippen LogP contribution < -0.4 is 0 Å². The molecule has 0 aliphatic heterocycles. The van der Waals surface area contributed by atoms with Crippen LogP contribution in [-0.2, 0) is 9.53 Å². The Kier molecular flexibility index (Phi) is 4.11. The van der Waals surface area contributed by atoms with Crippen molar-refractivity contribution in [1.82, 2.24) is 0 Å². The summed E-state index contributed by atoms with van der Waals surface area (Å²) >= 11 is 0. The summed E-state index contributed by atoms with van der Waals surface area (Å²) in [4.78, 5) is 23.7. The fourth-order valence-electron chi connectivity index (χ4n) is 3.40. The lowest BCUT2D eigenvalue weighted by Crippen LogP contribution is -2.65. The van der Waals surface area contributed by atoms with E-state index < -0.39 is 34.2 Å². The zero-order chi connectivity index (χ0) is 16.7. The van der Waals surface area contributed by atoms with Gasteiger partial charge in [-0.15, -0.1) is 0 Å². The van der Waals surface area contributed by atoms with E-state index in [2.05, 4.69) is 0 Å². The van der Waals surface area contributed by atoms with Crippen LogP contribution in [0.15, 0.2) is 18.2 Å². The molecule has 0 spiro atoms. The highest BCUT2D eigenvalue weighted by molar-refractivity contribution is 5.92. The molecule has 120 valence electrons. The molecule has 1 saturated carbocycles. The van der Waals surface area contributed by atoms with Crippen molar-refractivity contribution >= 4 is 12.3 Å². The van der Waals surface area contributed by atoms with Crippen molar-refractivity contribution < 1.29 is 23.1 Å². The molecule has 1 fully saturated rings. The Morgan fingerprint density at radius 2 is 1.86 bits per heavy atom. The van der Waals surface area contributed by atoms with Gasteiger partial charge in [0.05, 0.1) is 0 Å². The van der Waals surface area contributed by atoms with Gasteiger partial charge in [0.2, 0.25) is 0 Å². The van der Waals surface area contributed by atoms with E-state index in [1.807, 2.05) is 27.7 Å². The van der Waals surface area contributed by atoms with Crippen LogP contribution in [0, 0.1) is 28.9 Å². The first-order chi connectivity index (χ1) is 10.2. The van der Waals surface area contributed by atoms with Gasteiger partial charge in [0.25, 0.3) is 0 Å². The third kappa shape index (κ3) is 2.32. The van der Waals surface area contributed by atoms with Crippen molar-refractivity contribution in [3.8, 4) is 0 Å². The molecular weight excluding hydrogens is 290 g/mol. The molecule has 0 saturated heterocycles. The molecule has 0 aromatic heterocycles. The molecule has 2 atom stereocenters. The van der Waals surface area contributed by atoms with E-state index in [1.165, 1.54) is 6.07 Å². The number of hydrogen-bond donors (Lipinski definition) is 0. The van der Waals surface area contributed by atoms with Gasteiger partial charge in [-0.25, -0.2) is 13.6 Å². The van der Waals surface area contributed by atoms with E-state index in [0.29, 0.717) is 18.6 Å². The maximum absolute atomic E-state index is 13.7. The average molecular weight is 310 g/mol. The summed E-state index contributed by atoms with van der Waals surface area (Å²) in [5, 5.41) is 0. The summed E-state index contributed by atoms with van der Waals surface area (Å²) in [5.74, 6) is -2.63. The second-order valence-electron chi connectivity index (χ2n) is 6.77. The van der Waals surface area contributed by atoms with Crippen molar-refractivity contribution in [3.63, 3.8) is 0 Å². The molecule has 0 N–H and O–H groups in total. The third-order valence-electron chi connectivity index (χ3n) is 4.98. The normalized spacial score (nSPS) is 26.4. The predicted molar refractivity (Wildman–Crippen MR) is 77.3 cm³/mol. The molecule has 0 amide bonds. The van der Waals surface area contributed by atoms with Gasteiger partial charge in [0, 0.05) is 5.41 Å². The Balaban J connectivity index is 2.29. The van der Waals surface area contributed by atoms with Gasteiger partial charge < -0.3 is 4.74 Å². The quantitative estimate of drug-likeness (QED) is 0.628. The van der Waals surface area contributed by atoms with E-state index in [0.717, 1.165) is 12.1 Å². The van der Waals surface area contributed by atoms with Gasteiger partial charge in [0.1, 0.15) is 17.2 Å². The molecule has 22 heavy (non-hydrogen) atoms. The van der Waals surface area contributed by atoms with Gasteiger partial charge in [-0.2, -0.15) is 0 Å². The summed E-state index contributed by atoms with van der Waals surface area (Å²) in [6.07, 6.45) is 0.950. The predicted octanol–water partition coefficient (Wildman–Crippen LogP) is 3.76. The van der Waals surface area contributed by atoms with Crippen molar-refractivity contribution in [1.29, 1.82) is 0 Å². The smallest absolute Gasteiger partial charge is 0.345 e. The van der Waals surface area contributed by atoms with E-state index >= 15 is 0 Å². The standard InChI is InChI=1S/C17H20F2O3/c1-10(2)11-8-17(9-20,16(11,3)4)22-15(21)14-12(18)6-5-7-13(14)19/h5-7,9-11H,8H2,1-4H3/t11-,17-/m1/s1. The molecule has 1 aromatic rings. The Morgan fingerprint density at radius 3 is 2.27 bits per heavy atom. The van der Waals surface area contributed by atoms with Crippen molar-refractivity contribution in [2.75, 3.05) is 0 Å². The molecule has 0 unspecified atom stereocenters. The molecule has 1 aliphatic carbocycles. The maximum Gasteiger partial charge on any atom is 0.345 e. The number of aldehydes is 1. The molecule has 1 aromatic carbocycles. The summed E-state index contributed by atoms with van der Waals surface area (Å²) in [7, 11) is 0. The highest BCUT2D eigenvalue weighted by Crippen LogP contribution is 2.58. The zero-order valence-electron chi connectivity index (χ0n) is 13.2.